The van der Waals surface area contributed by atoms with Gasteiger partial charge in [-0.25, -0.2) is 0 Å². The molecule has 0 aliphatic carbocycles. The summed E-state index contributed by atoms with van der Waals surface area (Å²) in [5.74, 6) is -1.39. The lowest BCUT2D eigenvalue weighted by molar-refractivity contribution is -0.140. The number of carboxylic acids is 1. The van der Waals surface area contributed by atoms with Crippen LogP contribution in [0.25, 0.3) is 11.7 Å². The lowest BCUT2D eigenvalue weighted by Gasteiger charge is -2.12. The monoisotopic (exact) mass is 501 g/mol. The summed E-state index contributed by atoms with van der Waals surface area (Å²) < 4.78 is 7.42. The van der Waals surface area contributed by atoms with E-state index in [2.05, 4.69) is 4.98 Å². The van der Waals surface area contributed by atoms with Gasteiger partial charge in [-0.2, -0.15) is 4.98 Å². The van der Waals surface area contributed by atoms with Gasteiger partial charge >= 0.3 is 5.97 Å². The number of aromatic nitrogens is 2. The number of fused-ring (bicyclic) bond motifs is 1. The second-order valence-corrected chi connectivity index (χ2v) is 9.28. The Balaban J connectivity index is 1.87. The van der Waals surface area contributed by atoms with E-state index in [-0.39, 0.29) is 20.7 Å². The largest absolute Gasteiger partial charge is 0.480 e. The summed E-state index contributed by atoms with van der Waals surface area (Å²) in [4.78, 5) is 42.8. The average molecular weight is 502 g/mol. The molecule has 0 bridgehead atoms. The maximum Gasteiger partial charge on any atom is 0.323 e. The van der Waals surface area contributed by atoms with Gasteiger partial charge in [0.2, 0.25) is 5.88 Å². The van der Waals surface area contributed by atoms with Gasteiger partial charge in [-0.3, -0.25) is 23.7 Å². The number of aryl methyl sites for hydroxylation is 2. The zero-order valence-corrected chi connectivity index (χ0v) is 19.8. The lowest BCUT2D eigenvalue weighted by Crippen LogP contribution is -2.33. The summed E-state index contributed by atoms with van der Waals surface area (Å²) in [6, 6.07) is 8.55. The highest BCUT2D eigenvalue weighted by molar-refractivity contribution is 8.26. The first-order chi connectivity index (χ1) is 15.7. The molecule has 8 nitrogen and oxygen atoms in total. The minimum absolute atomic E-state index is 0.000439. The number of nitrogens with zero attached hydrogens (tertiary/aromatic N) is 3. The molecule has 3 heterocycles. The van der Waals surface area contributed by atoms with E-state index < -0.39 is 24.0 Å². The van der Waals surface area contributed by atoms with Crippen molar-refractivity contribution >= 4 is 63.5 Å². The molecule has 1 saturated heterocycles. The minimum Gasteiger partial charge on any atom is -0.480 e. The third kappa shape index (κ3) is 4.50. The number of hydrogen-bond acceptors (Lipinski definition) is 7. The molecule has 3 aromatic rings. The summed E-state index contributed by atoms with van der Waals surface area (Å²) >= 11 is 12.2. The number of carboxylic acid groups (broad SMARTS) is 1. The lowest BCUT2D eigenvalue weighted by atomic mass is 10.2. The summed E-state index contributed by atoms with van der Waals surface area (Å²) in [5.41, 5.74) is 1.51. The Kier molecular flexibility index (Phi) is 6.24. The van der Waals surface area contributed by atoms with Crippen molar-refractivity contribution in [3.63, 3.8) is 0 Å². The maximum atomic E-state index is 13.4. The van der Waals surface area contributed by atoms with Crippen molar-refractivity contribution in [3.05, 3.63) is 73.5 Å². The number of carbonyl (C=O) groups excluding carboxylic acids is 1. The van der Waals surface area contributed by atoms with Crippen molar-refractivity contribution in [2.75, 3.05) is 6.54 Å². The Morgan fingerprint density at radius 3 is 2.73 bits per heavy atom. The summed E-state index contributed by atoms with van der Waals surface area (Å²) in [6.45, 7) is 3.06. The van der Waals surface area contributed by atoms with E-state index >= 15 is 0 Å². The number of hydrogen-bond donors (Lipinski definition) is 1. The van der Waals surface area contributed by atoms with Gasteiger partial charge in [-0.1, -0.05) is 41.6 Å². The van der Waals surface area contributed by atoms with Crippen LogP contribution in [0, 0.1) is 13.8 Å². The van der Waals surface area contributed by atoms with Gasteiger partial charge in [0.05, 0.1) is 4.91 Å². The third-order valence-electron chi connectivity index (χ3n) is 4.84. The van der Waals surface area contributed by atoms with Crippen molar-refractivity contribution in [3.8, 4) is 11.6 Å². The number of thioether (sulfide) groups is 1. The molecule has 33 heavy (non-hydrogen) atoms. The van der Waals surface area contributed by atoms with E-state index in [4.69, 9.17) is 33.7 Å². The number of carbonyl (C=O) groups is 2. The van der Waals surface area contributed by atoms with E-state index in [0.29, 0.717) is 16.4 Å². The van der Waals surface area contributed by atoms with Crippen molar-refractivity contribution < 1.29 is 19.4 Å². The topological polar surface area (TPSA) is 101 Å². The number of pyridine rings is 1. The predicted octanol–water partition coefficient (Wildman–Crippen LogP) is 4.04. The number of benzene rings is 1. The molecule has 4 rings (SSSR count). The molecule has 2 aromatic heterocycles. The normalized spacial score (nSPS) is 15.0. The molecule has 11 heteroatoms. The van der Waals surface area contributed by atoms with Crippen LogP contribution in [0.15, 0.2) is 46.2 Å². The summed E-state index contributed by atoms with van der Waals surface area (Å²) in [7, 11) is 0. The van der Waals surface area contributed by atoms with E-state index in [0.717, 1.165) is 27.8 Å². The van der Waals surface area contributed by atoms with E-state index in [1.54, 1.807) is 30.5 Å². The average Bonchev–Trinajstić information content (AvgIpc) is 3.01. The van der Waals surface area contributed by atoms with Gasteiger partial charge in [-0.15, -0.1) is 0 Å². The molecule has 1 amide bonds. The van der Waals surface area contributed by atoms with Crippen LogP contribution < -0.4 is 10.3 Å². The molecule has 0 unspecified atom stereocenters. The van der Waals surface area contributed by atoms with Gasteiger partial charge in [0.15, 0.2) is 0 Å². The molecule has 1 aliphatic rings. The molecule has 0 saturated carbocycles. The van der Waals surface area contributed by atoms with Crippen LogP contribution in [0.3, 0.4) is 0 Å². The molecular weight excluding hydrogens is 486 g/mol. The first-order valence-corrected chi connectivity index (χ1v) is 11.2. The molecule has 168 valence electrons. The molecule has 0 radical (unpaired) electrons. The smallest absolute Gasteiger partial charge is 0.323 e. The van der Waals surface area contributed by atoms with Gasteiger partial charge < -0.3 is 9.84 Å². The Bertz CT molecular complexity index is 1430. The van der Waals surface area contributed by atoms with Crippen LogP contribution in [0.2, 0.25) is 5.02 Å². The standard InChI is InChI=1S/C22H16ClN3O5S2/c1-11-4-3-7-25-18(11)24-19(31-13-5-6-15(23)12(2)8-13)14(20(25)29)9-16-21(30)26(10-17(27)28)22(32)33-16/h3-9H,10H2,1-2H3,(H,27,28)/b16-9+. The molecule has 1 N–H and O–H groups in total. The second-order valence-electron chi connectivity index (χ2n) is 7.20. The quantitative estimate of drug-likeness (QED) is 0.413. The van der Waals surface area contributed by atoms with Gasteiger partial charge in [0.1, 0.15) is 27.8 Å². The maximum absolute atomic E-state index is 13.4. The van der Waals surface area contributed by atoms with Crippen molar-refractivity contribution in [1.82, 2.24) is 14.3 Å². The first kappa shape index (κ1) is 23.0. The predicted molar refractivity (Wildman–Crippen MR) is 130 cm³/mol. The van der Waals surface area contributed by atoms with Crippen LogP contribution in [-0.2, 0) is 9.59 Å². The molecule has 1 fully saturated rings. The van der Waals surface area contributed by atoms with Crippen LogP contribution in [-0.4, -0.2) is 42.1 Å². The molecule has 0 atom stereocenters. The van der Waals surface area contributed by atoms with Crippen LogP contribution in [0.4, 0.5) is 0 Å². The van der Waals surface area contributed by atoms with Gasteiger partial charge in [0.25, 0.3) is 11.5 Å². The SMILES string of the molecule is Cc1cc(Oc2nc3c(C)cccn3c(=O)c2/C=C2/SC(=S)N(CC(=O)O)C2=O)ccc1Cl. The first-order valence-electron chi connectivity index (χ1n) is 9.59. The minimum atomic E-state index is -1.20. The molecule has 1 aromatic carbocycles. The number of thiocarbonyl (C=S) groups is 1. The van der Waals surface area contributed by atoms with E-state index in [1.165, 1.54) is 10.5 Å². The zero-order valence-electron chi connectivity index (χ0n) is 17.4. The molecular formula is C22H16ClN3O5S2. The number of halogens is 1. The summed E-state index contributed by atoms with van der Waals surface area (Å²) in [6.07, 6.45) is 2.91. The van der Waals surface area contributed by atoms with Crippen LogP contribution >= 0.6 is 35.6 Å². The Morgan fingerprint density at radius 2 is 2.03 bits per heavy atom. The van der Waals surface area contributed by atoms with Crippen molar-refractivity contribution in [2.24, 2.45) is 0 Å². The van der Waals surface area contributed by atoms with Crippen LogP contribution in [0.1, 0.15) is 16.7 Å². The fraction of sp³-hybridized carbons (Fsp3) is 0.136. The number of amides is 1. The number of aliphatic carboxylic acids is 1. The van der Waals surface area contributed by atoms with Crippen molar-refractivity contribution in [2.45, 2.75) is 13.8 Å². The Hall–Kier alpha value is -3.21. The fourth-order valence-corrected chi connectivity index (χ4v) is 4.54. The third-order valence-corrected chi connectivity index (χ3v) is 6.64. The highest BCUT2D eigenvalue weighted by atomic mass is 35.5. The van der Waals surface area contributed by atoms with Gasteiger partial charge in [-0.05, 0) is 55.3 Å². The van der Waals surface area contributed by atoms with E-state index in [9.17, 15) is 14.4 Å². The Labute approximate surface area is 202 Å². The van der Waals surface area contributed by atoms with Gasteiger partial charge in [0, 0.05) is 11.2 Å². The highest BCUT2D eigenvalue weighted by Crippen LogP contribution is 2.34. The second kappa shape index (κ2) is 8.97. The van der Waals surface area contributed by atoms with Crippen LogP contribution in [0.5, 0.6) is 11.6 Å². The zero-order chi connectivity index (χ0) is 23.9. The Morgan fingerprint density at radius 1 is 1.27 bits per heavy atom. The fourth-order valence-electron chi connectivity index (χ4n) is 3.19. The van der Waals surface area contributed by atoms with E-state index in [1.807, 2.05) is 19.9 Å². The highest BCUT2D eigenvalue weighted by Gasteiger charge is 2.34. The number of rotatable bonds is 5. The van der Waals surface area contributed by atoms with Crippen molar-refractivity contribution in [1.29, 1.82) is 0 Å². The molecule has 0 spiro atoms. The molecule has 1 aliphatic heterocycles. The number of ether oxygens (including phenoxy) is 1. The summed E-state index contributed by atoms with van der Waals surface area (Å²) in [5, 5.41) is 9.61.